The molecular formula is C23H27N5O2S. The van der Waals surface area contributed by atoms with Crippen LogP contribution in [0.5, 0.6) is 0 Å². The number of amides is 1. The van der Waals surface area contributed by atoms with Gasteiger partial charge in [-0.05, 0) is 44.0 Å². The van der Waals surface area contributed by atoms with Crippen molar-refractivity contribution in [3.63, 3.8) is 0 Å². The predicted molar refractivity (Wildman–Crippen MR) is 120 cm³/mol. The Balaban J connectivity index is 1.23. The van der Waals surface area contributed by atoms with Crippen molar-refractivity contribution >= 4 is 23.4 Å². The smallest absolute Gasteiger partial charge is 0.236 e. The van der Waals surface area contributed by atoms with E-state index in [2.05, 4.69) is 43.9 Å². The molecule has 1 atom stereocenters. The number of anilines is 1. The molecule has 1 saturated heterocycles. The molecule has 1 aliphatic heterocycles. The number of benzene rings is 1. The molecule has 0 spiro atoms. The normalized spacial score (nSPS) is 17.7. The zero-order valence-electron chi connectivity index (χ0n) is 17.7. The summed E-state index contributed by atoms with van der Waals surface area (Å²) in [7, 11) is 0. The monoisotopic (exact) mass is 437 g/mol. The highest BCUT2D eigenvalue weighted by molar-refractivity contribution is 8.00. The summed E-state index contributed by atoms with van der Waals surface area (Å²) in [4.78, 5) is 17.5. The minimum absolute atomic E-state index is 0.165. The second kappa shape index (κ2) is 8.78. The van der Waals surface area contributed by atoms with Gasteiger partial charge in [-0.15, -0.1) is 10.2 Å². The van der Waals surface area contributed by atoms with Crippen LogP contribution in [0.25, 0.3) is 0 Å². The van der Waals surface area contributed by atoms with Crippen molar-refractivity contribution in [1.82, 2.24) is 19.7 Å². The molecule has 8 heteroatoms. The first kappa shape index (κ1) is 20.2. The van der Waals surface area contributed by atoms with E-state index in [0.717, 1.165) is 55.8 Å². The number of hydrogen-bond acceptors (Lipinski definition) is 6. The van der Waals surface area contributed by atoms with Gasteiger partial charge in [0.25, 0.3) is 0 Å². The van der Waals surface area contributed by atoms with Gasteiger partial charge in [0, 0.05) is 37.8 Å². The highest BCUT2D eigenvalue weighted by atomic mass is 32.2. The molecule has 0 radical (unpaired) electrons. The molecule has 5 rings (SSSR count). The summed E-state index contributed by atoms with van der Waals surface area (Å²) in [5, 5.41) is 9.46. The van der Waals surface area contributed by atoms with E-state index in [1.165, 1.54) is 17.4 Å². The molecule has 0 bridgehead atoms. The quantitative estimate of drug-likeness (QED) is 0.526. The molecule has 0 unspecified atom stereocenters. The second-order valence-corrected chi connectivity index (χ2v) is 9.50. The number of para-hydroxylation sites is 1. The Hall–Kier alpha value is -2.74. The van der Waals surface area contributed by atoms with E-state index in [1.54, 1.807) is 6.26 Å². The maximum Gasteiger partial charge on any atom is 0.236 e. The number of nitrogens with zero attached hydrogens (tertiary/aromatic N) is 5. The molecule has 2 aromatic heterocycles. The topological polar surface area (TPSA) is 67.4 Å². The van der Waals surface area contributed by atoms with Gasteiger partial charge in [-0.3, -0.25) is 9.36 Å². The van der Waals surface area contributed by atoms with Gasteiger partial charge in [0.2, 0.25) is 5.91 Å². The van der Waals surface area contributed by atoms with Crippen LogP contribution >= 0.6 is 11.8 Å². The average molecular weight is 438 g/mol. The van der Waals surface area contributed by atoms with Crippen molar-refractivity contribution < 1.29 is 9.21 Å². The molecule has 3 heterocycles. The summed E-state index contributed by atoms with van der Waals surface area (Å²) >= 11 is 1.50. The van der Waals surface area contributed by atoms with Crippen molar-refractivity contribution in [1.29, 1.82) is 0 Å². The van der Waals surface area contributed by atoms with Crippen molar-refractivity contribution in [2.24, 2.45) is 0 Å². The third-order valence-corrected chi connectivity index (χ3v) is 6.99. The van der Waals surface area contributed by atoms with E-state index in [9.17, 15) is 4.79 Å². The first-order valence-corrected chi connectivity index (χ1v) is 11.8. The predicted octanol–water partition coefficient (Wildman–Crippen LogP) is 3.63. The number of thioether (sulfide) groups is 1. The van der Waals surface area contributed by atoms with Crippen LogP contribution < -0.4 is 4.90 Å². The number of rotatable bonds is 7. The van der Waals surface area contributed by atoms with Crippen molar-refractivity contribution in [2.45, 2.75) is 42.6 Å². The van der Waals surface area contributed by atoms with Gasteiger partial charge < -0.3 is 14.2 Å². The Bertz CT molecular complexity index is 1010. The molecule has 1 aliphatic carbocycles. The van der Waals surface area contributed by atoms with Crippen molar-refractivity contribution in [2.75, 3.05) is 31.1 Å². The maximum absolute atomic E-state index is 13.1. The lowest BCUT2D eigenvalue weighted by Crippen LogP contribution is -2.50. The lowest BCUT2D eigenvalue weighted by atomic mass is 10.2. The van der Waals surface area contributed by atoms with Crippen LogP contribution in [-0.4, -0.2) is 57.0 Å². The van der Waals surface area contributed by atoms with Crippen LogP contribution in [0.4, 0.5) is 5.69 Å². The number of carbonyl (C=O) groups excluding carboxylic acids is 1. The second-order valence-electron chi connectivity index (χ2n) is 8.19. The Labute approximate surface area is 186 Å². The SMILES string of the molecule is C[C@@H](Sc1nnc(C2CC2)n1Cc1ccco1)C(=O)N1CCN(c2ccccc2)CC1. The summed E-state index contributed by atoms with van der Waals surface area (Å²) in [5.74, 6) is 2.53. The lowest BCUT2D eigenvalue weighted by molar-refractivity contribution is -0.130. The lowest BCUT2D eigenvalue weighted by Gasteiger charge is -2.37. The number of carbonyl (C=O) groups is 1. The fourth-order valence-corrected chi connectivity index (χ4v) is 4.97. The Morgan fingerprint density at radius 1 is 1.10 bits per heavy atom. The minimum atomic E-state index is -0.213. The highest BCUT2D eigenvalue weighted by Crippen LogP contribution is 2.40. The molecule has 2 fully saturated rings. The van der Waals surface area contributed by atoms with Gasteiger partial charge in [-0.2, -0.15) is 0 Å². The van der Waals surface area contributed by atoms with E-state index in [-0.39, 0.29) is 11.2 Å². The third kappa shape index (κ3) is 4.49. The van der Waals surface area contributed by atoms with Crippen LogP contribution in [0.15, 0.2) is 58.3 Å². The minimum Gasteiger partial charge on any atom is -0.467 e. The highest BCUT2D eigenvalue weighted by Gasteiger charge is 2.32. The van der Waals surface area contributed by atoms with Crippen molar-refractivity contribution in [3.8, 4) is 0 Å². The largest absolute Gasteiger partial charge is 0.467 e. The van der Waals surface area contributed by atoms with Gasteiger partial charge >= 0.3 is 0 Å². The molecular weight excluding hydrogens is 410 g/mol. The van der Waals surface area contributed by atoms with Gasteiger partial charge in [-0.1, -0.05) is 30.0 Å². The summed E-state index contributed by atoms with van der Waals surface area (Å²) in [6, 6.07) is 14.2. The molecule has 162 valence electrons. The molecule has 31 heavy (non-hydrogen) atoms. The van der Waals surface area contributed by atoms with E-state index in [0.29, 0.717) is 12.5 Å². The van der Waals surface area contributed by atoms with Gasteiger partial charge in [0.1, 0.15) is 11.6 Å². The summed E-state index contributed by atoms with van der Waals surface area (Å²) in [6.45, 7) is 5.77. The van der Waals surface area contributed by atoms with E-state index in [1.807, 2.05) is 30.0 Å². The summed E-state index contributed by atoms with van der Waals surface area (Å²) in [5.41, 5.74) is 1.22. The standard InChI is InChI=1S/C23H27N5O2S/c1-17(22(29)27-13-11-26(12-14-27)19-6-3-2-4-7-19)31-23-25-24-21(18-9-10-18)28(23)16-20-8-5-15-30-20/h2-8,15,17-18H,9-14,16H2,1H3/t17-/m1/s1. The molecule has 1 aromatic carbocycles. The van der Waals surface area contributed by atoms with Crippen LogP contribution in [0.2, 0.25) is 0 Å². The Morgan fingerprint density at radius 2 is 1.87 bits per heavy atom. The average Bonchev–Trinajstić information content (AvgIpc) is 3.39. The first-order valence-electron chi connectivity index (χ1n) is 10.9. The Morgan fingerprint density at radius 3 is 2.55 bits per heavy atom. The van der Waals surface area contributed by atoms with Crippen LogP contribution in [0.3, 0.4) is 0 Å². The van der Waals surface area contributed by atoms with Crippen LogP contribution in [0, 0.1) is 0 Å². The molecule has 3 aromatic rings. The molecule has 1 amide bonds. The van der Waals surface area contributed by atoms with E-state index in [4.69, 9.17) is 4.42 Å². The van der Waals surface area contributed by atoms with Crippen LogP contribution in [0.1, 0.15) is 37.3 Å². The van der Waals surface area contributed by atoms with Gasteiger partial charge in [0.15, 0.2) is 5.16 Å². The van der Waals surface area contributed by atoms with E-state index < -0.39 is 0 Å². The summed E-state index contributed by atoms with van der Waals surface area (Å²) < 4.78 is 7.67. The third-order valence-electron chi connectivity index (χ3n) is 5.92. The number of furan rings is 1. The Kier molecular flexibility index (Phi) is 5.72. The molecule has 2 aliphatic rings. The fraction of sp³-hybridized carbons (Fsp3) is 0.435. The number of piperazine rings is 1. The van der Waals surface area contributed by atoms with Crippen molar-refractivity contribution in [3.05, 3.63) is 60.3 Å². The zero-order chi connectivity index (χ0) is 21.2. The first-order chi connectivity index (χ1) is 15.2. The fourth-order valence-electron chi connectivity index (χ4n) is 4.03. The number of hydrogen-bond donors (Lipinski definition) is 0. The zero-order valence-corrected chi connectivity index (χ0v) is 18.5. The molecule has 0 N–H and O–H groups in total. The van der Waals surface area contributed by atoms with Gasteiger partial charge in [0.05, 0.1) is 18.1 Å². The van der Waals surface area contributed by atoms with Gasteiger partial charge in [-0.25, -0.2) is 0 Å². The number of aromatic nitrogens is 3. The molecule has 1 saturated carbocycles. The summed E-state index contributed by atoms with van der Waals surface area (Å²) in [6.07, 6.45) is 3.99. The van der Waals surface area contributed by atoms with E-state index >= 15 is 0 Å². The molecule has 7 nitrogen and oxygen atoms in total. The maximum atomic E-state index is 13.1. The van der Waals surface area contributed by atoms with Crippen LogP contribution in [-0.2, 0) is 11.3 Å².